The maximum absolute atomic E-state index is 12.0. The van der Waals surface area contributed by atoms with Crippen molar-refractivity contribution in [2.24, 2.45) is 5.92 Å². The molecule has 0 amide bonds. The molecule has 0 spiro atoms. The number of hydrogen-bond acceptors (Lipinski definition) is 4. The molecule has 1 aliphatic carbocycles. The van der Waals surface area contributed by atoms with Gasteiger partial charge < -0.3 is 14.8 Å². The van der Waals surface area contributed by atoms with Crippen LogP contribution in [0.5, 0.6) is 0 Å². The zero-order valence-corrected chi connectivity index (χ0v) is 12.0. The molecule has 2 rings (SSSR count). The van der Waals surface area contributed by atoms with Gasteiger partial charge in [-0.2, -0.15) is 0 Å². The minimum Gasteiger partial charge on any atom is -0.468 e. The zero-order valence-electron chi connectivity index (χ0n) is 12.0. The van der Waals surface area contributed by atoms with E-state index in [0.29, 0.717) is 5.92 Å². The molecule has 0 aromatic carbocycles. The van der Waals surface area contributed by atoms with E-state index < -0.39 is 0 Å². The number of rotatable bonds is 5. The molecule has 1 saturated heterocycles. The highest BCUT2D eigenvalue weighted by molar-refractivity contribution is 5.76. The molecule has 1 saturated carbocycles. The van der Waals surface area contributed by atoms with Crippen molar-refractivity contribution in [1.82, 2.24) is 5.32 Å². The van der Waals surface area contributed by atoms with Gasteiger partial charge in [0.25, 0.3) is 0 Å². The Hall–Kier alpha value is -0.610. The van der Waals surface area contributed by atoms with Crippen molar-refractivity contribution in [2.45, 2.75) is 63.5 Å². The summed E-state index contributed by atoms with van der Waals surface area (Å²) < 4.78 is 10.6. The summed E-state index contributed by atoms with van der Waals surface area (Å²) in [6.45, 7) is 1.63. The summed E-state index contributed by atoms with van der Waals surface area (Å²) in [5, 5.41) is 3.41. The van der Waals surface area contributed by atoms with Crippen molar-refractivity contribution in [3.05, 3.63) is 0 Å². The van der Waals surface area contributed by atoms with Crippen molar-refractivity contribution in [2.75, 3.05) is 20.3 Å². The molecule has 2 atom stereocenters. The highest BCUT2D eigenvalue weighted by Crippen LogP contribution is 2.26. The van der Waals surface area contributed by atoms with Crippen molar-refractivity contribution < 1.29 is 14.3 Å². The zero-order chi connectivity index (χ0) is 13.5. The van der Waals surface area contributed by atoms with E-state index in [4.69, 9.17) is 9.47 Å². The summed E-state index contributed by atoms with van der Waals surface area (Å²) in [6, 6.07) is -0.146. The van der Waals surface area contributed by atoms with Crippen LogP contribution in [-0.4, -0.2) is 38.4 Å². The van der Waals surface area contributed by atoms with E-state index in [1.807, 2.05) is 0 Å². The van der Waals surface area contributed by atoms with Gasteiger partial charge in [-0.25, -0.2) is 0 Å². The molecular formula is C15H27NO3. The van der Waals surface area contributed by atoms with Gasteiger partial charge in [0.15, 0.2) is 0 Å². The monoisotopic (exact) mass is 269 g/mol. The SMILES string of the molecule is COC(=O)C(NCC1CCCO1)C1CCCCCC1. The van der Waals surface area contributed by atoms with Gasteiger partial charge in [-0.1, -0.05) is 25.7 Å². The molecule has 4 nitrogen and oxygen atoms in total. The van der Waals surface area contributed by atoms with E-state index in [2.05, 4.69) is 5.32 Å². The van der Waals surface area contributed by atoms with Crippen molar-refractivity contribution in [3.63, 3.8) is 0 Å². The van der Waals surface area contributed by atoms with Crippen LogP contribution < -0.4 is 5.32 Å². The summed E-state index contributed by atoms with van der Waals surface area (Å²) in [5.74, 6) is 0.321. The van der Waals surface area contributed by atoms with Crippen LogP contribution >= 0.6 is 0 Å². The Kier molecular flexibility index (Phi) is 6.11. The van der Waals surface area contributed by atoms with Gasteiger partial charge in [-0.15, -0.1) is 0 Å². The minimum atomic E-state index is -0.146. The largest absolute Gasteiger partial charge is 0.468 e. The van der Waals surface area contributed by atoms with E-state index >= 15 is 0 Å². The Balaban J connectivity index is 1.87. The van der Waals surface area contributed by atoms with Crippen LogP contribution in [0.1, 0.15) is 51.4 Å². The maximum atomic E-state index is 12.0. The lowest BCUT2D eigenvalue weighted by Gasteiger charge is -2.26. The second-order valence-corrected chi connectivity index (χ2v) is 5.80. The van der Waals surface area contributed by atoms with Gasteiger partial charge >= 0.3 is 5.97 Å². The molecule has 0 aromatic rings. The van der Waals surface area contributed by atoms with Gasteiger partial charge in [0.05, 0.1) is 13.2 Å². The summed E-state index contributed by atoms with van der Waals surface area (Å²) in [7, 11) is 1.49. The number of esters is 1. The van der Waals surface area contributed by atoms with Crippen LogP contribution in [0.4, 0.5) is 0 Å². The Morgan fingerprint density at radius 1 is 1.21 bits per heavy atom. The standard InChI is InChI=1S/C15H27NO3/c1-18-15(17)14(12-7-4-2-3-5-8-12)16-11-13-9-6-10-19-13/h12-14,16H,2-11H2,1H3. The molecule has 4 heteroatoms. The van der Waals surface area contributed by atoms with Gasteiger partial charge in [0.1, 0.15) is 6.04 Å². The molecular weight excluding hydrogens is 242 g/mol. The Morgan fingerprint density at radius 2 is 1.95 bits per heavy atom. The number of hydrogen-bond donors (Lipinski definition) is 1. The summed E-state index contributed by atoms with van der Waals surface area (Å²) in [6.07, 6.45) is 9.87. The minimum absolute atomic E-state index is 0.107. The van der Waals surface area contributed by atoms with Crippen molar-refractivity contribution in [1.29, 1.82) is 0 Å². The molecule has 1 N–H and O–H groups in total. The van der Waals surface area contributed by atoms with Crippen LogP contribution in [0.3, 0.4) is 0 Å². The number of carbonyl (C=O) groups is 1. The topological polar surface area (TPSA) is 47.6 Å². The number of nitrogens with one attached hydrogen (secondary N) is 1. The molecule has 0 aromatic heterocycles. The summed E-state index contributed by atoms with van der Waals surface area (Å²) in [4.78, 5) is 12.0. The van der Waals surface area contributed by atoms with E-state index in [0.717, 1.165) is 38.8 Å². The first-order chi connectivity index (χ1) is 9.31. The third-order valence-corrected chi connectivity index (χ3v) is 4.42. The average Bonchev–Trinajstić information content (AvgIpc) is 2.80. The lowest BCUT2D eigenvalue weighted by atomic mass is 9.91. The van der Waals surface area contributed by atoms with Crippen LogP contribution in [0.2, 0.25) is 0 Å². The first-order valence-corrected chi connectivity index (χ1v) is 7.74. The molecule has 2 unspecified atom stereocenters. The van der Waals surface area contributed by atoms with E-state index in [-0.39, 0.29) is 18.1 Å². The molecule has 2 fully saturated rings. The van der Waals surface area contributed by atoms with Gasteiger partial charge in [0, 0.05) is 13.2 Å². The third-order valence-electron chi connectivity index (χ3n) is 4.42. The fraction of sp³-hybridized carbons (Fsp3) is 0.933. The smallest absolute Gasteiger partial charge is 0.323 e. The fourth-order valence-electron chi connectivity index (χ4n) is 3.28. The van der Waals surface area contributed by atoms with Gasteiger partial charge in [-0.05, 0) is 31.6 Å². The molecule has 110 valence electrons. The quantitative estimate of drug-likeness (QED) is 0.614. The molecule has 0 radical (unpaired) electrons. The second-order valence-electron chi connectivity index (χ2n) is 5.80. The number of carbonyl (C=O) groups excluding carboxylic acids is 1. The molecule has 19 heavy (non-hydrogen) atoms. The van der Waals surface area contributed by atoms with E-state index in [9.17, 15) is 4.79 Å². The molecule has 1 aliphatic heterocycles. The molecule has 0 bridgehead atoms. The van der Waals surface area contributed by atoms with Crippen molar-refractivity contribution >= 4 is 5.97 Å². The van der Waals surface area contributed by atoms with Crippen LogP contribution in [-0.2, 0) is 14.3 Å². The Labute approximate surface area is 116 Å². The average molecular weight is 269 g/mol. The number of methoxy groups -OCH3 is 1. The molecule has 1 heterocycles. The Morgan fingerprint density at radius 3 is 2.53 bits per heavy atom. The predicted molar refractivity (Wildman–Crippen MR) is 74.0 cm³/mol. The maximum Gasteiger partial charge on any atom is 0.323 e. The highest BCUT2D eigenvalue weighted by Gasteiger charge is 2.30. The first kappa shape index (κ1) is 14.8. The van der Waals surface area contributed by atoms with Crippen LogP contribution in [0, 0.1) is 5.92 Å². The van der Waals surface area contributed by atoms with Gasteiger partial charge in [-0.3, -0.25) is 4.79 Å². The van der Waals surface area contributed by atoms with E-state index in [1.54, 1.807) is 0 Å². The summed E-state index contributed by atoms with van der Waals surface area (Å²) >= 11 is 0. The number of ether oxygens (including phenoxy) is 2. The highest BCUT2D eigenvalue weighted by atomic mass is 16.5. The van der Waals surface area contributed by atoms with Crippen LogP contribution in [0.25, 0.3) is 0 Å². The third kappa shape index (κ3) is 4.46. The molecule has 2 aliphatic rings. The normalized spacial score (nSPS) is 26.9. The Bertz CT molecular complexity index is 269. The second kappa shape index (κ2) is 7.85. The first-order valence-electron chi connectivity index (χ1n) is 7.74. The summed E-state index contributed by atoms with van der Waals surface area (Å²) in [5.41, 5.74) is 0. The lowest BCUT2D eigenvalue weighted by Crippen LogP contribution is -2.46. The van der Waals surface area contributed by atoms with Gasteiger partial charge in [0.2, 0.25) is 0 Å². The van der Waals surface area contributed by atoms with Crippen molar-refractivity contribution in [3.8, 4) is 0 Å². The fourth-order valence-corrected chi connectivity index (χ4v) is 3.28. The predicted octanol–water partition coefficient (Wildman–Crippen LogP) is 2.27. The van der Waals surface area contributed by atoms with E-state index in [1.165, 1.54) is 32.8 Å². The lowest BCUT2D eigenvalue weighted by molar-refractivity contribution is -0.145. The van der Waals surface area contributed by atoms with Crippen LogP contribution in [0.15, 0.2) is 0 Å².